The molecular formula is C12H16ClFN2O. The summed E-state index contributed by atoms with van der Waals surface area (Å²) >= 11 is 5.67. The van der Waals surface area contributed by atoms with Crippen molar-refractivity contribution in [2.45, 2.75) is 26.3 Å². The van der Waals surface area contributed by atoms with Crippen LogP contribution in [0.2, 0.25) is 0 Å². The van der Waals surface area contributed by atoms with E-state index in [4.69, 9.17) is 11.6 Å². The summed E-state index contributed by atoms with van der Waals surface area (Å²) in [6, 6.07) is 2.59. The number of halogens is 2. The van der Waals surface area contributed by atoms with E-state index >= 15 is 0 Å². The normalized spacial score (nSPS) is 12.5. The molecule has 1 amide bonds. The number of pyridine rings is 1. The van der Waals surface area contributed by atoms with Crippen molar-refractivity contribution >= 4 is 17.5 Å². The molecule has 1 aromatic rings. The highest BCUT2D eigenvalue weighted by Crippen LogP contribution is 2.08. The molecule has 0 saturated heterocycles. The molecule has 17 heavy (non-hydrogen) atoms. The van der Waals surface area contributed by atoms with Crippen molar-refractivity contribution < 1.29 is 9.18 Å². The van der Waals surface area contributed by atoms with Gasteiger partial charge in [-0.1, -0.05) is 13.8 Å². The highest BCUT2D eigenvalue weighted by atomic mass is 35.5. The predicted octanol–water partition coefficient (Wildman–Crippen LogP) is 2.60. The first kappa shape index (κ1) is 13.9. The monoisotopic (exact) mass is 258 g/mol. The molecule has 94 valence electrons. The predicted molar refractivity (Wildman–Crippen MR) is 65.6 cm³/mol. The van der Waals surface area contributed by atoms with Gasteiger partial charge >= 0.3 is 0 Å². The Balaban J connectivity index is 2.66. The highest BCUT2D eigenvalue weighted by molar-refractivity contribution is 6.17. The molecule has 1 N–H and O–H groups in total. The molecule has 1 atom stereocenters. The Hall–Kier alpha value is -1.16. The van der Waals surface area contributed by atoms with Crippen LogP contribution in [0.1, 0.15) is 30.8 Å². The van der Waals surface area contributed by atoms with E-state index in [9.17, 15) is 9.18 Å². The Bertz CT molecular complexity index is 367. The molecule has 0 aliphatic rings. The quantitative estimate of drug-likeness (QED) is 0.825. The number of hydrogen-bond acceptors (Lipinski definition) is 2. The smallest absolute Gasteiger partial charge is 0.270 e. The lowest BCUT2D eigenvalue weighted by atomic mass is 10.0. The van der Waals surface area contributed by atoms with Gasteiger partial charge in [0.05, 0.1) is 6.20 Å². The molecule has 0 aliphatic carbocycles. The zero-order valence-corrected chi connectivity index (χ0v) is 10.7. The van der Waals surface area contributed by atoms with Crippen LogP contribution in [-0.4, -0.2) is 22.8 Å². The number of carbonyl (C=O) groups excluding carboxylic acids is 1. The number of hydrogen-bond donors (Lipinski definition) is 1. The largest absolute Gasteiger partial charge is 0.348 e. The minimum atomic E-state index is -0.456. The topological polar surface area (TPSA) is 42.0 Å². The summed E-state index contributed by atoms with van der Waals surface area (Å²) in [6.45, 7) is 4.02. The Morgan fingerprint density at radius 1 is 1.53 bits per heavy atom. The number of aromatic nitrogens is 1. The van der Waals surface area contributed by atoms with Crippen LogP contribution in [0.5, 0.6) is 0 Å². The SMILES string of the molecule is CC(C)C(CCCl)NC(=O)c1ccc(F)cn1. The fourth-order valence-electron chi connectivity index (χ4n) is 1.44. The summed E-state index contributed by atoms with van der Waals surface area (Å²) in [4.78, 5) is 15.5. The minimum absolute atomic E-state index is 0.00635. The van der Waals surface area contributed by atoms with Gasteiger partial charge in [0.2, 0.25) is 0 Å². The second kappa shape index (κ2) is 6.55. The molecule has 0 bridgehead atoms. The first-order chi connectivity index (χ1) is 8.04. The summed E-state index contributed by atoms with van der Waals surface area (Å²) in [5.41, 5.74) is 0.214. The first-order valence-electron chi connectivity index (χ1n) is 5.53. The number of rotatable bonds is 5. The van der Waals surface area contributed by atoms with Crippen LogP contribution in [0.25, 0.3) is 0 Å². The molecular weight excluding hydrogens is 243 g/mol. The van der Waals surface area contributed by atoms with Crippen molar-refractivity contribution in [1.82, 2.24) is 10.3 Å². The van der Waals surface area contributed by atoms with Crippen LogP contribution in [0.15, 0.2) is 18.3 Å². The van der Waals surface area contributed by atoms with Gasteiger partial charge in [-0.05, 0) is 24.5 Å². The minimum Gasteiger partial charge on any atom is -0.348 e. The van der Waals surface area contributed by atoms with E-state index in [1.807, 2.05) is 13.8 Å². The van der Waals surface area contributed by atoms with Crippen LogP contribution in [0.3, 0.4) is 0 Å². The second-order valence-corrected chi connectivity index (χ2v) is 4.54. The van der Waals surface area contributed by atoms with Crippen molar-refractivity contribution in [2.24, 2.45) is 5.92 Å². The fourth-order valence-corrected chi connectivity index (χ4v) is 1.68. The summed E-state index contributed by atoms with van der Waals surface area (Å²) in [6.07, 6.45) is 1.73. The van der Waals surface area contributed by atoms with E-state index in [0.717, 1.165) is 6.20 Å². The number of carbonyl (C=O) groups is 1. The lowest BCUT2D eigenvalue weighted by Gasteiger charge is -2.21. The molecule has 5 heteroatoms. The van der Waals surface area contributed by atoms with Gasteiger partial charge in [-0.15, -0.1) is 11.6 Å². The number of amides is 1. The molecule has 0 aliphatic heterocycles. The third kappa shape index (κ3) is 4.30. The van der Waals surface area contributed by atoms with Gasteiger partial charge < -0.3 is 5.32 Å². The summed E-state index contributed by atoms with van der Waals surface area (Å²) in [5.74, 6) is 0.0228. The third-order valence-electron chi connectivity index (χ3n) is 2.50. The summed E-state index contributed by atoms with van der Waals surface area (Å²) in [7, 11) is 0. The van der Waals surface area contributed by atoms with Crippen molar-refractivity contribution in [1.29, 1.82) is 0 Å². The number of nitrogens with zero attached hydrogens (tertiary/aromatic N) is 1. The lowest BCUT2D eigenvalue weighted by Crippen LogP contribution is -2.39. The Labute approximate surface area is 105 Å². The maximum Gasteiger partial charge on any atom is 0.270 e. The van der Waals surface area contributed by atoms with Gasteiger partial charge in [0, 0.05) is 11.9 Å². The molecule has 1 aromatic heterocycles. The van der Waals surface area contributed by atoms with E-state index in [1.165, 1.54) is 12.1 Å². The average Bonchev–Trinajstić information content (AvgIpc) is 2.29. The highest BCUT2D eigenvalue weighted by Gasteiger charge is 2.17. The second-order valence-electron chi connectivity index (χ2n) is 4.16. The Morgan fingerprint density at radius 2 is 2.24 bits per heavy atom. The van der Waals surface area contributed by atoms with Gasteiger partial charge in [0.15, 0.2) is 0 Å². The Kier molecular flexibility index (Phi) is 5.35. The molecule has 0 saturated carbocycles. The van der Waals surface area contributed by atoms with E-state index in [-0.39, 0.29) is 23.6 Å². The van der Waals surface area contributed by atoms with Crippen molar-refractivity contribution in [3.05, 3.63) is 29.8 Å². The zero-order chi connectivity index (χ0) is 12.8. The Morgan fingerprint density at radius 3 is 2.71 bits per heavy atom. The molecule has 1 heterocycles. The van der Waals surface area contributed by atoms with Crippen LogP contribution >= 0.6 is 11.6 Å². The van der Waals surface area contributed by atoms with Gasteiger partial charge in [-0.2, -0.15) is 0 Å². The molecule has 1 unspecified atom stereocenters. The van der Waals surface area contributed by atoms with Crippen LogP contribution in [0.4, 0.5) is 4.39 Å². The van der Waals surface area contributed by atoms with Gasteiger partial charge in [0.1, 0.15) is 11.5 Å². The average molecular weight is 259 g/mol. The molecule has 0 spiro atoms. The molecule has 0 fully saturated rings. The molecule has 3 nitrogen and oxygen atoms in total. The first-order valence-corrected chi connectivity index (χ1v) is 6.06. The number of alkyl halides is 1. The summed E-state index contributed by atoms with van der Waals surface area (Å²) < 4.78 is 12.6. The molecule has 0 radical (unpaired) electrons. The third-order valence-corrected chi connectivity index (χ3v) is 2.72. The molecule has 0 aromatic carbocycles. The zero-order valence-electron chi connectivity index (χ0n) is 9.91. The fraction of sp³-hybridized carbons (Fsp3) is 0.500. The summed E-state index contributed by atoms with van der Waals surface area (Å²) in [5, 5.41) is 2.84. The molecule has 1 rings (SSSR count). The van der Waals surface area contributed by atoms with Gasteiger partial charge in [-0.25, -0.2) is 9.37 Å². The van der Waals surface area contributed by atoms with Gasteiger partial charge in [-0.3, -0.25) is 4.79 Å². The van der Waals surface area contributed by atoms with Crippen LogP contribution in [0, 0.1) is 11.7 Å². The maximum absolute atomic E-state index is 12.6. The maximum atomic E-state index is 12.6. The van der Waals surface area contributed by atoms with E-state index in [0.29, 0.717) is 12.3 Å². The van der Waals surface area contributed by atoms with Crippen molar-refractivity contribution in [3.63, 3.8) is 0 Å². The van der Waals surface area contributed by atoms with Crippen LogP contribution in [-0.2, 0) is 0 Å². The van der Waals surface area contributed by atoms with Crippen molar-refractivity contribution in [2.75, 3.05) is 5.88 Å². The van der Waals surface area contributed by atoms with Crippen LogP contribution < -0.4 is 5.32 Å². The van der Waals surface area contributed by atoms with Gasteiger partial charge in [0.25, 0.3) is 5.91 Å². The van der Waals surface area contributed by atoms with E-state index in [2.05, 4.69) is 10.3 Å². The van der Waals surface area contributed by atoms with Crippen molar-refractivity contribution in [3.8, 4) is 0 Å². The standard InChI is InChI=1S/C12H16ClFN2O/c1-8(2)10(5-6-13)16-12(17)11-4-3-9(14)7-15-11/h3-4,7-8,10H,5-6H2,1-2H3,(H,16,17). The van der Waals surface area contributed by atoms with E-state index < -0.39 is 5.82 Å². The van der Waals surface area contributed by atoms with E-state index in [1.54, 1.807) is 0 Å². The lowest BCUT2D eigenvalue weighted by molar-refractivity contribution is 0.0919. The number of nitrogens with one attached hydrogen (secondary N) is 1.